The lowest BCUT2D eigenvalue weighted by atomic mass is 10.2. The van der Waals surface area contributed by atoms with Crippen LogP contribution in [0.3, 0.4) is 0 Å². The number of esters is 1. The molecule has 0 fully saturated rings. The molecule has 4 heteroatoms. The zero-order valence-corrected chi connectivity index (χ0v) is 9.48. The molecule has 1 aromatic heterocycles. The highest BCUT2D eigenvalue weighted by Gasteiger charge is 2.18. The monoisotopic (exact) mass is 210 g/mol. The third-order valence-electron chi connectivity index (χ3n) is 1.65. The quantitative estimate of drug-likeness (QED) is 0.539. The molecule has 0 amide bonds. The van der Waals surface area contributed by atoms with E-state index in [-0.39, 0.29) is 5.97 Å². The normalized spacial score (nSPS) is 10.9. The number of hydrogen-bond acceptors (Lipinski definition) is 3. The summed E-state index contributed by atoms with van der Waals surface area (Å²) in [5.41, 5.74) is 0.0441. The number of nitrogens with zero attached hydrogens (tertiary/aromatic N) is 1. The van der Waals surface area contributed by atoms with Crippen LogP contribution in [0.4, 0.5) is 0 Å². The second-order valence-electron chi connectivity index (χ2n) is 4.13. The van der Waals surface area contributed by atoms with Gasteiger partial charge in [0.05, 0.1) is 5.56 Å². The largest absolute Gasteiger partial charge is 0.456 e. The summed E-state index contributed by atoms with van der Waals surface area (Å²) in [6, 6.07) is 3.30. The molecule has 4 nitrogen and oxygen atoms in total. The van der Waals surface area contributed by atoms with Crippen LogP contribution >= 0.6 is 0 Å². The Kier molecular flexibility index (Phi) is 3.29. The highest BCUT2D eigenvalue weighted by molar-refractivity contribution is 5.89. The third-order valence-corrected chi connectivity index (χ3v) is 1.65. The van der Waals surface area contributed by atoms with Gasteiger partial charge in [-0.15, -0.1) is 0 Å². The summed E-state index contributed by atoms with van der Waals surface area (Å²) in [7, 11) is 1.55. The van der Waals surface area contributed by atoms with E-state index in [2.05, 4.69) is 0 Å². The lowest BCUT2D eigenvalue weighted by Crippen LogP contribution is -2.39. The third kappa shape index (κ3) is 3.58. The SMILES string of the molecule is CO[n+]1ccc(C(=O)OC(C)(C)C)cc1. The van der Waals surface area contributed by atoms with Gasteiger partial charge in [0.2, 0.25) is 12.4 Å². The van der Waals surface area contributed by atoms with E-state index in [1.807, 2.05) is 20.8 Å². The molecule has 0 aliphatic heterocycles. The van der Waals surface area contributed by atoms with Crippen LogP contribution in [0.15, 0.2) is 24.5 Å². The van der Waals surface area contributed by atoms with E-state index in [0.29, 0.717) is 5.56 Å². The summed E-state index contributed by atoms with van der Waals surface area (Å²) in [5.74, 6) is -0.328. The highest BCUT2D eigenvalue weighted by atomic mass is 16.6. The first-order valence-corrected chi connectivity index (χ1v) is 4.71. The van der Waals surface area contributed by atoms with Crippen LogP contribution in [0.5, 0.6) is 0 Å². The highest BCUT2D eigenvalue weighted by Crippen LogP contribution is 2.10. The number of aromatic nitrogens is 1. The fourth-order valence-corrected chi connectivity index (χ4v) is 1.01. The van der Waals surface area contributed by atoms with Crippen molar-refractivity contribution >= 4 is 5.97 Å². The van der Waals surface area contributed by atoms with Crippen molar-refractivity contribution in [3.63, 3.8) is 0 Å². The van der Waals surface area contributed by atoms with Gasteiger partial charge in [-0.3, -0.25) is 4.84 Å². The van der Waals surface area contributed by atoms with Gasteiger partial charge in [-0.05, 0) is 20.8 Å². The molecule has 1 heterocycles. The van der Waals surface area contributed by atoms with Crippen LogP contribution in [-0.2, 0) is 4.74 Å². The van der Waals surface area contributed by atoms with Crippen LogP contribution in [0.25, 0.3) is 0 Å². The fourth-order valence-electron chi connectivity index (χ4n) is 1.01. The lowest BCUT2D eigenvalue weighted by molar-refractivity contribution is -0.885. The van der Waals surface area contributed by atoms with E-state index in [9.17, 15) is 4.79 Å². The van der Waals surface area contributed by atoms with Gasteiger partial charge in [0, 0.05) is 16.9 Å². The summed E-state index contributed by atoms with van der Waals surface area (Å²) >= 11 is 0. The molecular formula is C11H16NO3+. The Morgan fingerprint density at radius 1 is 1.27 bits per heavy atom. The zero-order chi connectivity index (χ0) is 11.5. The molecule has 15 heavy (non-hydrogen) atoms. The molecule has 0 N–H and O–H groups in total. The number of carbonyl (C=O) groups excluding carboxylic acids is 1. The van der Waals surface area contributed by atoms with Crippen molar-refractivity contribution in [1.82, 2.24) is 0 Å². The number of rotatable bonds is 2. The van der Waals surface area contributed by atoms with E-state index >= 15 is 0 Å². The Morgan fingerprint density at radius 3 is 2.20 bits per heavy atom. The number of hydrogen-bond donors (Lipinski definition) is 0. The first-order valence-electron chi connectivity index (χ1n) is 4.71. The minimum Gasteiger partial charge on any atom is -0.456 e. The number of pyridine rings is 1. The molecule has 0 radical (unpaired) electrons. The van der Waals surface area contributed by atoms with Crippen molar-refractivity contribution in [1.29, 1.82) is 0 Å². The van der Waals surface area contributed by atoms with Crippen molar-refractivity contribution in [2.75, 3.05) is 7.11 Å². The van der Waals surface area contributed by atoms with Crippen LogP contribution in [0, 0.1) is 0 Å². The molecule has 0 bridgehead atoms. The predicted molar refractivity (Wildman–Crippen MR) is 54.3 cm³/mol. The van der Waals surface area contributed by atoms with Gasteiger partial charge in [0.1, 0.15) is 12.7 Å². The molecule has 0 spiro atoms. The standard InChI is InChI=1S/C11H16NO3/c1-11(2,3)15-10(13)9-5-7-12(14-4)8-6-9/h5-8H,1-4H3/q+1. The minimum atomic E-state index is -0.468. The molecule has 0 saturated carbocycles. The topological polar surface area (TPSA) is 39.4 Å². The van der Waals surface area contributed by atoms with Crippen LogP contribution in [0.2, 0.25) is 0 Å². The average molecular weight is 210 g/mol. The van der Waals surface area contributed by atoms with Crippen molar-refractivity contribution in [3.05, 3.63) is 30.1 Å². The molecule has 1 rings (SSSR count). The first-order chi connectivity index (χ1) is 6.92. The number of carbonyl (C=O) groups is 1. The van der Waals surface area contributed by atoms with E-state index in [1.54, 1.807) is 31.6 Å². The Bertz CT molecular complexity index is 338. The van der Waals surface area contributed by atoms with Gasteiger partial charge < -0.3 is 4.74 Å². The predicted octanol–water partition coefficient (Wildman–Crippen LogP) is 0.988. The Balaban J connectivity index is 2.75. The minimum absolute atomic E-state index is 0.328. The second kappa shape index (κ2) is 4.29. The number of ether oxygens (including phenoxy) is 1. The van der Waals surface area contributed by atoms with Crippen molar-refractivity contribution in [3.8, 4) is 0 Å². The molecule has 0 atom stereocenters. The molecule has 0 saturated heterocycles. The van der Waals surface area contributed by atoms with Crippen LogP contribution in [-0.4, -0.2) is 18.7 Å². The summed E-state index contributed by atoms with van der Waals surface area (Å²) in [6.07, 6.45) is 3.30. The first kappa shape index (κ1) is 11.5. The molecule has 0 aliphatic rings. The summed E-state index contributed by atoms with van der Waals surface area (Å²) in [5, 5.41) is 0. The molecule has 0 unspecified atom stereocenters. The average Bonchev–Trinajstić information content (AvgIpc) is 2.15. The molecule has 82 valence electrons. The Hall–Kier alpha value is -1.58. The smallest absolute Gasteiger partial charge is 0.339 e. The van der Waals surface area contributed by atoms with Gasteiger partial charge in [-0.25, -0.2) is 4.79 Å². The van der Waals surface area contributed by atoms with E-state index in [4.69, 9.17) is 9.57 Å². The maximum absolute atomic E-state index is 11.6. The van der Waals surface area contributed by atoms with Gasteiger partial charge in [0.15, 0.2) is 0 Å². The molecule has 0 aliphatic carbocycles. The van der Waals surface area contributed by atoms with Gasteiger partial charge in [0.25, 0.3) is 0 Å². The Labute approximate surface area is 89.4 Å². The van der Waals surface area contributed by atoms with Gasteiger partial charge in [-0.2, -0.15) is 0 Å². The second-order valence-corrected chi connectivity index (χ2v) is 4.13. The van der Waals surface area contributed by atoms with Crippen molar-refractivity contribution in [2.45, 2.75) is 26.4 Å². The van der Waals surface area contributed by atoms with E-state index < -0.39 is 5.60 Å². The van der Waals surface area contributed by atoms with Crippen molar-refractivity contribution < 1.29 is 19.1 Å². The zero-order valence-electron chi connectivity index (χ0n) is 9.48. The Morgan fingerprint density at radius 2 is 1.80 bits per heavy atom. The van der Waals surface area contributed by atoms with Crippen LogP contribution < -0.4 is 9.57 Å². The lowest BCUT2D eigenvalue weighted by Gasteiger charge is -2.19. The summed E-state index contributed by atoms with van der Waals surface area (Å²) in [6.45, 7) is 5.51. The maximum atomic E-state index is 11.6. The molecular weight excluding hydrogens is 194 g/mol. The van der Waals surface area contributed by atoms with Crippen LogP contribution in [0.1, 0.15) is 31.1 Å². The maximum Gasteiger partial charge on any atom is 0.339 e. The van der Waals surface area contributed by atoms with E-state index in [1.165, 1.54) is 4.73 Å². The molecule has 0 aromatic carbocycles. The van der Waals surface area contributed by atoms with E-state index in [0.717, 1.165) is 0 Å². The summed E-state index contributed by atoms with van der Waals surface area (Å²) in [4.78, 5) is 16.5. The molecule has 1 aromatic rings. The van der Waals surface area contributed by atoms with Gasteiger partial charge >= 0.3 is 5.97 Å². The van der Waals surface area contributed by atoms with Crippen molar-refractivity contribution in [2.24, 2.45) is 0 Å². The fraction of sp³-hybridized carbons (Fsp3) is 0.455. The van der Waals surface area contributed by atoms with Gasteiger partial charge in [-0.1, -0.05) is 0 Å². The summed E-state index contributed by atoms with van der Waals surface area (Å²) < 4.78 is 6.70.